The summed E-state index contributed by atoms with van der Waals surface area (Å²) in [6.07, 6.45) is 0. The zero-order valence-electron chi connectivity index (χ0n) is 11.6. The van der Waals surface area contributed by atoms with E-state index < -0.39 is 0 Å². The molecule has 0 aliphatic heterocycles. The van der Waals surface area contributed by atoms with Gasteiger partial charge in [0.1, 0.15) is 5.82 Å². The maximum atomic E-state index is 13.4. The molecule has 0 bridgehead atoms. The third kappa shape index (κ3) is 4.21. The molecule has 0 spiro atoms. The van der Waals surface area contributed by atoms with E-state index in [0.717, 1.165) is 0 Å². The highest BCUT2D eigenvalue weighted by atomic mass is 19.1. The smallest absolute Gasteiger partial charge is 0.258 e. The van der Waals surface area contributed by atoms with Gasteiger partial charge in [0.15, 0.2) is 18.1 Å². The van der Waals surface area contributed by atoms with Crippen LogP contribution in [0.2, 0.25) is 0 Å². The lowest BCUT2D eigenvalue weighted by Crippen LogP contribution is -2.28. The first-order chi connectivity index (χ1) is 10.2. The third-order valence-electron chi connectivity index (χ3n) is 2.86. The van der Waals surface area contributed by atoms with Gasteiger partial charge < -0.3 is 14.8 Å². The summed E-state index contributed by atoms with van der Waals surface area (Å²) in [5, 5.41) is 2.60. The van der Waals surface area contributed by atoms with Crippen molar-refractivity contribution in [3.8, 4) is 11.5 Å². The summed E-state index contributed by atoms with van der Waals surface area (Å²) in [5.41, 5.74) is 0.433. The van der Waals surface area contributed by atoms with Crippen molar-refractivity contribution in [1.82, 2.24) is 5.32 Å². The fourth-order valence-electron chi connectivity index (χ4n) is 1.77. The van der Waals surface area contributed by atoms with Crippen LogP contribution in [0.4, 0.5) is 4.39 Å². The maximum absolute atomic E-state index is 13.4. The summed E-state index contributed by atoms with van der Waals surface area (Å²) < 4.78 is 23.9. The average molecular weight is 289 g/mol. The molecule has 1 N–H and O–H groups in total. The summed E-state index contributed by atoms with van der Waals surface area (Å²) in [6, 6.07) is 13.3. The van der Waals surface area contributed by atoms with Gasteiger partial charge in [-0.2, -0.15) is 0 Å². The second-order valence-corrected chi connectivity index (χ2v) is 4.31. The predicted octanol–water partition coefficient (Wildman–Crippen LogP) is 2.53. The van der Waals surface area contributed by atoms with E-state index in [4.69, 9.17) is 9.47 Å². The van der Waals surface area contributed by atoms with Gasteiger partial charge in [-0.1, -0.05) is 30.3 Å². The minimum atomic E-state index is -0.344. The van der Waals surface area contributed by atoms with E-state index in [1.54, 1.807) is 36.4 Å². The van der Waals surface area contributed by atoms with Crippen LogP contribution >= 0.6 is 0 Å². The van der Waals surface area contributed by atoms with Gasteiger partial charge in [0.25, 0.3) is 5.91 Å². The average Bonchev–Trinajstić information content (AvgIpc) is 2.52. The van der Waals surface area contributed by atoms with Crippen LogP contribution in [-0.4, -0.2) is 19.6 Å². The van der Waals surface area contributed by atoms with E-state index in [-0.39, 0.29) is 24.9 Å². The summed E-state index contributed by atoms with van der Waals surface area (Å²) in [6.45, 7) is -0.0321. The fourth-order valence-corrected chi connectivity index (χ4v) is 1.77. The van der Waals surface area contributed by atoms with Gasteiger partial charge in [-0.15, -0.1) is 0 Å². The molecule has 0 fully saturated rings. The van der Waals surface area contributed by atoms with Crippen LogP contribution < -0.4 is 14.8 Å². The minimum absolute atomic E-state index is 0.126. The predicted molar refractivity (Wildman–Crippen MR) is 76.7 cm³/mol. The quantitative estimate of drug-likeness (QED) is 0.889. The Morgan fingerprint density at radius 3 is 2.48 bits per heavy atom. The van der Waals surface area contributed by atoms with E-state index >= 15 is 0 Å². The van der Waals surface area contributed by atoms with Crippen molar-refractivity contribution in [2.75, 3.05) is 13.7 Å². The van der Waals surface area contributed by atoms with Gasteiger partial charge in [-0.25, -0.2) is 4.39 Å². The molecule has 0 unspecified atom stereocenters. The molecule has 0 radical (unpaired) electrons. The number of para-hydroxylation sites is 2. The first-order valence-electron chi connectivity index (χ1n) is 6.46. The number of carbonyl (C=O) groups excluding carboxylic acids is 1. The second kappa shape index (κ2) is 7.28. The molecule has 0 heterocycles. The topological polar surface area (TPSA) is 47.6 Å². The zero-order chi connectivity index (χ0) is 15.1. The number of benzene rings is 2. The Morgan fingerprint density at radius 1 is 1.10 bits per heavy atom. The number of hydrogen-bond donors (Lipinski definition) is 1. The van der Waals surface area contributed by atoms with Gasteiger partial charge in [0, 0.05) is 12.1 Å². The Balaban J connectivity index is 1.84. The van der Waals surface area contributed by atoms with E-state index in [1.165, 1.54) is 13.2 Å². The lowest BCUT2D eigenvalue weighted by molar-refractivity contribution is -0.123. The molecule has 2 aromatic carbocycles. The summed E-state index contributed by atoms with van der Waals surface area (Å²) >= 11 is 0. The van der Waals surface area contributed by atoms with E-state index in [2.05, 4.69) is 5.32 Å². The van der Waals surface area contributed by atoms with Crippen molar-refractivity contribution in [1.29, 1.82) is 0 Å². The van der Waals surface area contributed by atoms with Gasteiger partial charge in [0.2, 0.25) is 0 Å². The largest absolute Gasteiger partial charge is 0.493 e. The molecule has 110 valence electrons. The Morgan fingerprint density at radius 2 is 1.76 bits per heavy atom. The third-order valence-corrected chi connectivity index (χ3v) is 2.86. The highest BCUT2D eigenvalue weighted by Gasteiger charge is 2.07. The number of nitrogens with one attached hydrogen (secondary N) is 1. The van der Waals surface area contributed by atoms with Crippen LogP contribution in [0.15, 0.2) is 48.5 Å². The van der Waals surface area contributed by atoms with Crippen molar-refractivity contribution < 1.29 is 18.7 Å². The van der Waals surface area contributed by atoms with Crippen LogP contribution in [-0.2, 0) is 11.3 Å². The number of carbonyl (C=O) groups is 1. The molecule has 5 heteroatoms. The molecule has 0 aliphatic carbocycles. The number of halogens is 1. The van der Waals surface area contributed by atoms with Crippen LogP contribution in [0.5, 0.6) is 11.5 Å². The van der Waals surface area contributed by atoms with Crippen LogP contribution in [0, 0.1) is 5.82 Å². The van der Waals surface area contributed by atoms with Gasteiger partial charge in [-0.05, 0) is 18.2 Å². The Kier molecular flexibility index (Phi) is 5.15. The molecular weight excluding hydrogens is 273 g/mol. The lowest BCUT2D eigenvalue weighted by Gasteiger charge is -2.10. The van der Waals surface area contributed by atoms with Gasteiger partial charge >= 0.3 is 0 Å². The van der Waals surface area contributed by atoms with Gasteiger partial charge in [0.05, 0.1) is 7.11 Å². The molecular formula is C16H16FNO3. The molecule has 4 nitrogen and oxygen atoms in total. The van der Waals surface area contributed by atoms with Crippen molar-refractivity contribution in [2.45, 2.75) is 6.54 Å². The van der Waals surface area contributed by atoms with Gasteiger partial charge in [-0.3, -0.25) is 4.79 Å². The lowest BCUT2D eigenvalue weighted by atomic mass is 10.2. The summed E-state index contributed by atoms with van der Waals surface area (Å²) in [4.78, 5) is 11.7. The van der Waals surface area contributed by atoms with E-state index in [9.17, 15) is 9.18 Å². The highest BCUT2D eigenvalue weighted by molar-refractivity contribution is 5.77. The Hall–Kier alpha value is -2.56. The van der Waals surface area contributed by atoms with Crippen molar-refractivity contribution in [3.63, 3.8) is 0 Å². The molecule has 0 atom stereocenters. The summed E-state index contributed by atoms with van der Waals surface area (Å²) in [5.74, 6) is 0.369. The maximum Gasteiger partial charge on any atom is 0.258 e. The second-order valence-electron chi connectivity index (χ2n) is 4.31. The zero-order valence-corrected chi connectivity index (χ0v) is 11.6. The van der Waals surface area contributed by atoms with Crippen molar-refractivity contribution in [3.05, 3.63) is 59.9 Å². The summed E-state index contributed by atoms with van der Waals surface area (Å²) in [7, 11) is 1.53. The highest BCUT2D eigenvalue weighted by Crippen LogP contribution is 2.25. The van der Waals surface area contributed by atoms with Crippen LogP contribution in [0.1, 0.15) is 5.56 Å². The minimum Gasteiger partial charge on any atom is -0.493 e. The Labute approximate surface area is 122 Å². The van der Waals surface area contributed by atoms with Crippen molar-refractivity contribution >= 4 is 5.91 Å². The molecule has 0 saturated carbocycles. The monoisotopic (exact) mass is 289 g/mol. The number of methoxy groups -OCH3 is 1. The number of amides is 1. The number of hydrogen-bond acceptors (Lipinski definition) is 3. The normalized spacial score (nSPS) is 10.0. The Bertz CT molecular complexity index is 616. The first-order valence-corrected chi connectivity index (χ1v) is 6.46. The molecule has 1 amide bonds. The molecule has 0 aromatic heterocycles. The SMILES string of the molecule is COc1ccccc1OCC(=O)NCc1ccccc1F. The molecule has 0 saturated heterocycles. The number of rotatable bonds is 6. The first kappa shape index (κ1) is 14.8. The van der Waals surface area contributed by atoms with E-state index in [1.807, 2.05) is 6.07 Å². The van der Waals surface area contributed by atoms with Crippen LogP contribution in [0.3, 0.4) is 0 Å². The molecule has 2 rings (SSSR count). The molecule has 0 aliphatic rings. The number of ether oxygens (including phenoxy) is 2. The fraction of sp³-hybridized carbons (Fsp3) is 0.188. The standard InChI is InChI=1S/C16H16FNO3/c1-20-14-8-4-5-9-15(14)21-11-16(19)18-10-12-6-2-3-7-13(12)17/h2-9H,10-11H2,1H3,(H,18,19). The molecule has 21 heavy (non-hydrogen) atoms. The van der Waals surface area contributed by atoms with Crippen molar-refractivity contribution in [2.24, 2.45) is 0 Å². The van der Waals surface area contributed by atoms with Crippen LogP contribution in [0.25, 0.3) is 0 Å². The van der Waals surface area contributed by atoms with E-state index in [0.29, 0.717) is 17.1 Å². The molecule has 2 aromatic rings.